The second kappa shape index (κ2) is 8.38. The maximum atomic E-state index is 13.3. The molecule has 0 spiro atoms. The number of amides is 1. The number of rotatable bonds is 4. The number of hydrogen-bond acceptors (Lipinski definition) is 4. The highest BCUT2D eigenvalue weighted by molar-refractivity contribution is 6.00. The molecule has 34 heavy (non-hydrogen) atoms. The Morgan fingerprint density at radius 2 is 2.03 bits per heavy atom. The largest absolute Gasteiger partial charge is 0.494 e. The molecule has 0 saturated carbocycles. The molecule has 5 rings (SSSR count). The van der Waals surface area contributed by atoms with Gasteiger partial charge in [0.1, 0.15) is 17.1 Å². The molecule has 1 fully saturated rings. The van der Waals surface area contributed by atoms with Crippen molar-refractivity contribution in [3.8, 4) is 17.3 Å². The normalized spacial score (nSPS) is 18.0. The first kappa shape index (κ1) is 22.3. The fourth-order valence-corrected chi connectivity index (χ4v) is 5.37. The number of nitrogens with zero attached hydrogens (tertiary/aromatic N) is 5. The van der Waals surface area contributed by atoms with E-state index in [4.69, 9.17) is 9.72 Å². The second-order valence-corrected chi connectivity index (χ2v) is 9.48. The van der Waals surface area contributed by atoms with Gasteiger partial charge in [-0.3, -0.25) is 4.79 Å². The molecule has 7 heteroatoms. The summed E-state index contributed by atoms with van der Waals surface area (Å²) in [5.41, 5.74) is 5.40. The summed E-state index contributed by atoms with van der Waals surface area (Å²) in [5.74, 6) is 3.20. The van der Waals surface area contributed by atoms with Crippen molar-refractivity contribution in [3.05, 3.63) is 47.7 Å². The van der Waals surface area contributed by atoms with Gasteiger partial charge in [0.2, 0.25) is 0 Å². The van der Waals surface area contributed by atoms with Crippen LogP contribution in [0.1, 0.15) is 42.6 Å². The Kier molecular flexibility index (Phi) is 5.50. The molecular formula is C27H33N5O2. The predicted octanol–water partition coefficient (Wildman–Crippen LogP) is 4.92. The summed E-state index contributed by atoms with van der Waals surface area (Å²) in [6.07, 6.45) is 6.36. The summed E-state index contributed by atoms with van der Waals surface area (Å²) < 4.78 is 10.1. The van der Waals surface area contributed by atoms with Crippen LogP contribution in [0.5, 0.6) is 5.75 Å². The number of ether oxygens (including phenoxy) is 1. The van der Waals surface area contributed by atoms with E-state index in [9.17, 15) is 4.79 Å². The van der Waals surface area contributed by atoms with E-state index >= 15 is 0 Å². The van der Waals surface area contributed by atoms with E-state index in [1.165, 1.54) is 6.42 Å². The number of carbonyl (C=O) groups is 1. The number of likely N-dealkylation sites (tertiary alicyclic amines) is 1. The van der Waals surface area contributed by atoms with E-state index in [0.717, 1.165) is 65.7 Å². The first-order valence-electron chi connectivity index (χ1n) is 12.0. The molecule has 1 atom stereocenters. The van der Waals surface area contributed by atoms with Crippen LogP contribution in [0.4, 0.5) is 5.82 Å². The molecule has 0 radical (unpaired) electrons. The number of hydrogen-bond donors (Lipinski definition) is 0. The molecule has 4 heterocycles. The molecule has 0 N–H and O–H groups in total. The minimum atomic E-state index is 0.0524. The van der Waals surface area contributed by atoms with Crippen molar-refractivity contribution in [1.82, 2.24) is 19.0 Å². The zero-order valence-electron chi connectivity index (χ0n) is 20.8. The maximum Gasteiger partial charge on any atom is 0.254 e. The average molecular weight is 460 g/mol. The molecule has 2 aliphatic rings. The van der Waals surface area contributed by atoms with E-state index in [1.54, 1.807) is 7.11 Å². The fraction of sp³-hybridized carbons (Fsp3) is 0.407. The van der Waals surface area contributed by atoms with Crippen LogP contribution in [0, 0.1) is 5.92 Å². The Labute approximate surface area is 200 Å². The summed E-state index contributed by atoms with van der Waals surface area (Å²) in [7, 11) is 5.70. The number of benzene rings is 1. The summed E-state index contributed by atoms with van der Waals surface area (Å²) in [5, 5.41) is 0. The van der Waals surface area contributed by atoms with E-state index in [-0.39, 0.29) is 5.91 Å². The van der Waals surface area contributed by atoms with E-state index in [1.807, 2.05) is 37.2 Å². The molecular weight excluding hydrogens is 426 g/mol. The van der Waals surface area contributed by atoms with E-state index < -0.39 is 0 Å². The fourth-order valence-electron chi connectivity index (χ4n) is 5.37. The molecule has 1 unspecified atom stereocenters. The van der Waals surface area contributed by atoms with Crippen LogP contribution in [0.3, 0.4) is 0 Å². The van der Waals surface area contributed by atoms with Gasteiger partial charge in [-0.1, -0.05) is 13.5 Å². The maximum absolute atomic E-state index is 13.3. The number of anilines is 1. The highest BCUT2D eigenvalue weighted by atomic mass is 16.5. The molecule has 7 nitrogen and oxygen atoms in total. The zero-order chi connectivity index (χ0) is 24.1. The van der Waals surface area contributed by atoms with Crippen LogP contribution in [-0.2, 0) is 13.6 Å². The van der Waals surface area contributed by atoms with Gasteiger partial charge in [-0.15, -0.1) is 0 Å². The lowest BCUT2D eigenvalue weighted by Crippen LogP contribution is -2.39. The smallest absolute Gasteiger partial charge is 0.254 e. The number of imidazole rings is 1. The van der Waals surface area contributed by atoms with Gasteiger partial charge in [0, 0.05) is 50.6 Å². The Morgan fingerprint density at radius 3 is 2.74 bits per heavy atom. The van der Waals surface area contributed by atoms with Crippen LogP contribution < -0.4 is 9.64 Å². The third kappa shape index (κ3) is 3.42. The van der Waals surface area contributed by atoms with Crippen molar-refractivity contribution in [2.24, 2.45) is 13.0 Å². The quantitative estimate of drug-likeness (QED) is 0.556. The topological polar surface area (TPSA) is 55.5 Å². The summed E-state index contributed by atoms with van der Waals surface area (Å²) >= 11 is 0. The third-order valence-corrected chi connectivity index (χ3v) is 7.19. The lowest BCUT2D eigenvalue weighted by atomic mass is 9.99. The van der Waals surface area contributed by atoms with Gasteiger partial charge in [0.05, 0.1) is 18.3 Å². The Morgan fingerprint density at radius 1 is 1.24 bits per heavy atom. The van der Waals surface area contributed by atoms with Gasteiger partial charge < -0.3 is 23.7 Å². The lowest BCUT2D eigenvalue weighted by Gasteiger charge is -2.31. The number of piperidine rings is 1. The number of allylic oxidation sites excluding steroid dienone is 1. The van der Waals surface area contributed by atoms with E-state index in [2.05, 4.69) is 46.6 Å². The van der Waals surface area contributed by atoms with Crippen molar-refractivity contribution in [1.29, 1.82) is 0 Å². The van der Waals surface area contributed by atoms with Crippen molar-refractivity contribution < 1.29 is 9.53 Å². The van der Waals surface area contributed by atoms with Crippen molar-refractivity contribution >= 4 is 28.8 Å². The summed E-state index contributed by atoms with van der Waals surface area (Å²) in [6, 6.07) is 5.95. The van der Waals surface area contributed by atoms with Gasteiger partial charge in [-0.2, -0.15) is 0 Å². The van der Waals surface area contributed by atoms with Gasteiger partial charge in [0.15, 0.2) is 5.82 Å². The van der Waals surface area contributed by atoms with Gasteiger partial charge in [-0.05, 0) is 56.0 Å². The molecule has 2 aromatic heterocycles. The highest BCUT2D eigenvalue weighted by Crippen LogP contribution is 2.38. The number of fused-ring (bicyclic) bond motifs is 2. The van der Waals surface area contributed by atoms with Gasteiger partial charge >= 0.3 is 0 Å². The molecule has 1 saturated heterocycles. The van der Waals surface area contributed by atoms with Crippen molar-refractivity contribution in [2.45, 2.75) is 33.2 Å². The minimum absolute atomic E-state index is 0.0524. The molecule has 3 aromatic rings. The number of likely N-dealkylation sites (N-methyl/N-ethyl adjacent to an activating group) is 1. The first-order chi connectivity index (χ1) is 16.3. The Bertz CT molecular complexity index is 1330. The van der Waals surface area contributed by atoms with Crippen LogP contribution in [-0.4, -0.2) is 52.2 Å². The van der Waals surface area contributed by atoms with Crippen LogP contribution >= 0.6 is 0 Å². The first-order valence-corrected chi connectivity index (χ1v) is 12.0. The van der Waals surface area contributed by atoms with Crippen LogP contribution in [0.2, 0.25) is 0 Å². The average Bonchev–Trinajstić information content (AvgIpc) is 3.38. The molecule has 178 valence electrons. The SMILES string of the molecule is C=C1C=Cc2cc(-c3nc4cc(C(=O)N5CCCC(C)C5)cc(OC)c4n3C)n(CC)c2N1C. The monoisotopic (exact) mass is 459 g/mol. The van der Waals surface area contributed by atoms with Gasteiger partial charge in [-0.25, -0.2) is 4.98 Å². The number of aromatic nitrogens is 3. The summed E-state index contributed by atoms with van der Waals surface area (Å²) in [6.45, 7) is 10.9. The number of methoxy groups -OCH3 is 1. The highest BCUT2D eigenvalue weighted by Gasteiger charge is 2.27. The predicted molar refractivity (Wildman–Crippen MR) is 137 cm³/mol. The zero-order valence-corrected chi connectivity index (χ0v) is 20.8. The minimum Gasteiger partial charge on any atom is -0.494 e. The molecule has 1 amide bonds. The number of carbonyl (C=O) groups excluding carboxylic acids is 1. The van der Waals surface area contributed by atoms with Crippen LogP contribution in [0.15, 0.2) is 36.6 Å². The molecule has 0 bridgehead atoms. The molecule has 2 aliphatic heterocycles. The number of aryl methyl sites for hydroxylation is 1. The van der Waals surface area contributed by atoms with Crippen molar-refractivity contribution in [2.75, 3.05) is 32.1 Å². The Balaban J connectivity index is 1.63. The molecule has 0 aliphatic carbocycles. The van der Waals surface area contributed by atoms with Gasteiger partial charge in [0.25, 0.3) is 5.91 Å². The van der Waals surface area contributed by atoms with E-state index in [0.29, 0.717) is 17.2 Å². The Hall–Kier alpha value is -3.48. The molecule has 1 aromatic carbocycles. The lowest BCUT2D eigenvalue weighted by molar-refractivity contribution is 0.0683. The third-order valence-electron chi connectivity index (χ3n) is 7.19. The second-order valence-electron chi connectivity index (χ2n) is 9.48. The standard InChI is InChI=1S/C27H33N5O2/c1-7-32-22(14-19-11-10-18(3)29(4)26(19)32)25-28-21-13-20(15-23(34-6)24(21)30(25)5)27(33)31-12-8-9-17(2)16-31/h10-11,13-15,17H,3,7-9,12,16H2,1-2,4-6H3. The van der Waals surface area contributed by atoms with Crippen LogP contribution in [0.25, 0.3) is 28.6 Å². The van der Waals surface area contributed by atoms with Crippen molar-refractivity contribution in [3.63, 3.8) is 0 Å². The summed E-state index contributed by atoms with van der Waals surface area (Å²) in [4.78, 5) is 22.4.